The molecule has 1 fully saturated rings. The third-order valence-corrected chi connectivity index (χ3v) is 6.07. The maximum atomic E-state index is 12.6. The normalized spacial score (nSPS) is 15.9. The number of nitrogens with one attached hydrogen (secondary N) is 2. The summed E-state index contributed by atoms with van der Waals surface area (Å²) in [7, 11) is -3.90. The van der Waals surface area contributed by atoms with Gasteiger partial charge in [-0.3, -0.25) is 9.59 Å². The van der Waals surface area contributed by atoms with E-state index in [4.69, 9.17) is 4.74 Å². The molecule has 29 heavy (non-hydrogen) atoms. The molecule has 8 heteroatoms. The van der Waals surface area contributed by atoms with E-state index in [9.17, 15) is 18.0 Å². The molecular weight excluding hydrogens is 392 g/mol. The van der Waals surface area contributed by atoms with E-state index in [0.717, 1.165) is 18.4 Å². The number of carbonyl (C=O) groups is 2. The van der Waals surface area contributed by atoms with E-state index in [-0.39, 0.29) is 10.9 Å². The summed E-state index contributed by atoms with van der Waals surface area (Å²) < 4.78 is 32.7. The smallest absolute Gasteiger partial charge is 0.325 e. The molecule has 1 saturated carbocycles. The van der Waals surface area contributed by atoms with Crippen LogP contribution in [0.25, 0.3) is 0 Å². The van der Waals surface area contributed by atoms with E-state index < -0.39 is 34.0 Å². The number of sulfonamides is 1. The van der Waals surface area contributed by atoms with E-state index in [2.05, 4.69) is 10.0 Å². The maximum Gasteiger partial charge on any atom is 0.325 e. The van der Waals surface area contributed by atoms with Gasteiger partial charge < -0.3 is 10.1 Å². The molecule has 0 unspecified atom stereocenters. The van der Waals surface area contributed by atoms with Gasteiger partial charge in [0.25, 0.3) is 5.91 Å². The first-order valence-corrected chi connectivity index (χ1v) is 10.9. The molecule has 1 aliphatic carbocycles. The van der Waals surface area contributed by atoms with Gasteiger partial charge in [-0.1, -0.05) is 48.0 Å². The Labute approximate surface area is 170 Å². The summed E-state index contributed by atoms with van der Waals surface area (Å²) >= 11 is 0. The minimum absolute atomic E-state index is 0.0498. The Hall–Kier alpha value is -2.71. The lowest BCUT2D eigenvalue weighted by Gasteiger charge is -2.20. The highest BCUT2D eigenvalue weighted by Gasteiger charge is 2.32. The van der Waals surface area contributed by atoms with Gasteiger partial charge in [0.15, 0.2) is 0 Å². The molecule has 0 radical (unpaired) electrons. The van der Waals surface area contributed by atoms with Crippen molar-refractivity contribution in [3.8, 4) is 0 Å². The Kier molecular flexibility index (Phi) is 6.34. The molecule has 2 aromatic carbocycles. The first-order valence-electron chi connectivity index (χ1n) is 9.41. The molecule has 1 aliphatic rings. The predicted molar refractivity (Wildman–Crippen MR) is 107 cm³/mol. The van der Waals surface area contributed by atoms with Crippen LogP contribution in [0.2, 0.25) is 0 Å². The van der Waals surface area contributed by atoms with Crippen LogP contribution in [-0.4, -0.2) is 32.4 Å². The molecule has 1 amide bonds. The predicted octanol–water partition coefficient (Wildman–Crippen LogP) is 2.22. The highest BCUT2D eigenvalue weighted by Crippen LogP contribution is 2.23. The summed E-state index contributed by atoms with van der Waals surface area (Å²) in [5.41, 5.74) is 1.44. The fourth-order valence-electron chi connectivity index (χ4n) is 2.69. The van der Waals surface area contributed by atoms with Crippen molar-refractivity contribution in [1.82, 2.24) is 10.0 Å². The summed E-state index contributed by atoms with van der Waals surface area (Å²) in [4.78, 5) is 25.2. The van der Waals surface area contributed by atoms with Crippen molar-refractivity contribution in [3.05, 3.63) is 65.7 Å². The summed E-state index contributed by atoms with van der Waals surface area (Å²) in [5, 5.41) is 2.82. The van der Waals surface area contributed by atoms with Crippen LogP contribution in [0.3, 0.4) is 0 Å². The number of esters is 1. The highest BCUT2D eigenvalue weighted by molar-refractivity contribution is 7.89. The molecular formula is C21H24N2O5S. The average Bonchev–Trinajstić information content (AvgIpc) is 3.50. The Morgan fingerprint density at radius 1 is 1.03 bits per heavy atom. The summed E-state index contributed by atoms with van der Waals surface area (Å²) in [6.07, 6.45) is 0.651. The Morgan fingerprint density at radius 2 is 1.66 bits per heavy atom. The van der Waals surface area contributed by atoms with Crippen molar-refractivity contribution < 1.29 is 22.7 Å². The van der Waals surface area contributed by atoms with Crippen molar-refractivity contribution in [2.24, 2.45) is 0 Å². The minimum Gasteiger partial charge on any atom is -0.446 e. The maximum absolute atomic E-state index is 12.6. The van der Waals surface area contributed by atoms with Gasteiger partial charge in [0.2, 0.25) is 16.1 Å². The van der Waals surface area contributed by atoms with Crippen molar-refractivity contribution >= 4 is 21.9 Å². The van der Waals surface area contributed by atoms with Crippen molar-refractivity contribution in [2.45, 2.75) is 49.8 Å². The molecule has 7 nitrogen and oxygen atoms in total. The number of amides is 1. The van der Waals surface area contributed by atoms with Gasteiger partial charge in [0.1, 0.15) is 6.04 Å². The van der Waals surface area contributed by atoms with Crippen LogP contribution < -0.4 is 10.0 Å². The zero-order valence-corrected chi connectivity index (χ0v) is 17.1. The third kappa shape index (κ3) is 5.65. The van der Waals surface area contributed by atoms with Crippen molar-refractivity contribution in [3.63, 3.8) is 0 Å². The van der Waals surface area contributed by atoms with Crippen molar-refractivity contribution in [2.75, 3.05) is 0 Å². The lowest BCUT2D eigenvalue weighted by atomic mass is 10.1. The number of ether oxygens (including phenoxy) is 1. The first kappa shape index (κ1) is 21.0. The number of benzene rings is 2. The molecule has 154 valence electrons. The molecule has 3 rings (SSSR count). The monoisotopic (exact) mass is 416 g/mol. The van der Waals surface area contributed by atoms with E-state index in [1.54, 1.807) is 42.5 Å². The molecule has 0 heterocycles. The minimum atomic E-state index is -3.90. The van der Waals surface area contributed by atoms with Gasteiger partial charge in [0.05, 0.1) is 4.90 Å². The van der Waals surface area contributed by atoms with Crippen LogP contribution in [0.5, 0.6) is 0 Å². The van der Waals surface area contributed by atoms with Gasteiger partial charge >= 0.3 is 5.97 Å². The van der Waals surface area contributed by atoms with Crippen LogP contribution in [0.4, 0.5) is 0 Å². The quantitative estimate of drug-likeness (QED) is 0.643. The summed E-state index contributed by atoms with van der Waals surface area (Å²) in [6, 6.07) is 13.9. The van der Waals surface area contributed by atoms with E-state index >= 15 is 0 Å². The Morgan fingerprint density at radius 3 is 2.24 bits per heavy atom. The molecule has 2 N–H and O–H groups in total. The Bertz CT molecular complexity index is 970. The van der Waals surface area contributed by atoms with E-state index in [0.29, 0.717) is 5.56 Å². The standard InChI is InChI=1S/C21H24N2O5S/c1-14-8-12-18(13-9-14)29(26,27)23-15(2)21(25)28-19(16-6-4-3-5-7-16)20(24)22-17-10-11-17/h3-9,12-13,15,17,19,23H,10-11H2,1-2H3,(H,22,24)/t15-,19+/m0/s1. The number of aryl methyl sites for hydroxylation is 1. The number of hydrogen-bond acceptors (Lipinski definition) is 5. The zero-order chi connectivity index (χ0) is 21.0. The van der Waals surface area contributed by atoms with Gasteiger partial charge in [0, 0.05) is 11.6 Å². The molecule has 0 saturated heterocycles. The Balaban J connectivity index is 1.71. The molecule has 0 bridgehead atoms. The van der Waals surface area contributed by atoms with Gasteiger partial charge in [-0.2, -0.15) is 4.72 Å². The van der Waals surface area contributed by atoms with Gasteiger partial charge in [-0.05, 0) is 38.8 Å². The third-order valence-electron chi connectivity index (χ3n) is 4.51. The molecule has 0 spiro atoms. The molecule has 2 aromatic rings. The van der Waals surface area contributed by atoms with Gasteiger partial charge in [-0.15, -0.1) is 0 Å². The topological polar surface area (TPSA) is 102 Å². The fourth-order valence-corrected chi connectivity index (χ4v) is 3.88. The second-order valence-electron chi connectivity index (χ2n) is 7.17. The van der Waals surface area contributed by atoms with Crippen molar-refractivity contribution in [1.29, 1.82) is 0 Å². The second kappa shape index (κ2) is 8.75. The van der Waals surface area contributed by atoms with Gasteiger partial charge in [-0.25, -0.2) is 8.42 Å². The van der Waals surface area contributed by atoms with Crippen LogP contribution in [-0.2, 0) is 24.3 Å². The molecule has 2 atom stereocenters. The summed E-state index contributed by atoms with van der Waals surface area (Å²) in [5.74, 6) is -1.25. The van der Waals surface area contributed by atoms with Crippen LogP contribution in [0.15, 0.2) is 59.5 Å². The SMILES string of the molecule is Cc1ccc(S(=O)(=O)N[C@@H](C)C(=O)O[C@@H](C(=O)NC2CC2)c2ccccc2)cc1. The van der Waals surface area contributed by atoms with E-state index in [1.807, 2.05) is 6.92 Å². The number of rotatable bonds is 8. The highest BCUT2D eigenvalue weighted by atomic mass is 32.2. The first-order chi connectivity index (χ1) is 13.8. The van der Waals surface area contributed by atoms with Crippen LogP contribution in [0, 0.1) is 6.92 Å². The average molecular weight is 416 g/mol. The number of carbonyl (C=O) groups excluding carboxylic acids is 2. The summed E-state index contributed by atoms with van der Waals surface area (Å²) in [6.45, 7) is 3.23. The zero-order valence-electron chi connectivity index (χ0n) is 16.3. The lowest BCUT2D eigenvalue weighted by molar-refractivity contribution is -0.157. The molecule has 0 aromatic heterocycles. The number of hydrogen-bond donors (Lipinski definition) is 2. The second-order valence-corrected chi connectivity index (χ2v) is 8.88. The lowest BCUT2D eigenvalue weighted by Crippen LogP contribution is -2.42. The van der Waals surface area contributed by atoms with E-state index in [1.165, 1.54) is 19.1 Å². The van der Waals surface area contributed by atoms with Crippen LogP contribution in [0.1, 0.15) is 37.0 Å². The fraction of sp³-hybridized carbons (Fsp3) is 0.333. The van der Waals surface area contributed by atoms with Crippen LogP contribution >= 0.6 is 0 Å². The molecule has 0 aliphatic heterocycles. The largest absolute Gasteiger partial charge is 0.446 e.